The van der Waals surface area contributed by atoms with Gasteiger partial charge in [-0.3, -0.25) is 9.78 Å². The molecule has 5 nitrogen and oxygen atoms in total. The largest absolute Gasteiger partial charge is 0.480 e. The molecule has 2 rings (SSSR count). The first kappa shape index (κ1) is 15.5. The number of aromatic nitrogens is 1. The van der Waals surface area contributed by atoms with E-state index in [1.165, 1.54) is 6.20 Å². The molecule has 0 aliphatic rings. The van der Waals surface area contributed by atoms with Gasteiger partial charge in [-0.25, -0.2) is 4.79 Å². The average Bonchev–Trinajstić information content (AvgIpc) is 2.53. The number of rotatable bonds is 6. The third-order valence-electron chi connectivity index (χ3n) is 3.27. The molecule has 0 aliphatic carbocycles. The highest BCUT2D eigenvalue weighted by Gasteiger charge is 2.20. The number of aliphatic carboxylic acids is 1. The fraction of sp³-hybridized carbons (Fsp3) is 0.235. The van der Waals surface area contributed by atoms with Gasteiger partial charge in [-0.2, -0.15) is 0 Å². The summed E-state index contributed by atoms with van der Waals surface area (Å²) in [6.07, 6.45) is 7.91. The lowest BCUT2D eigenvalue weighted by Crippen LogP contribution is -2.40. The standard InChI is InChI=1S/C17H16N2O3/c1-2-3-4-9-15(17(21)22)19-16(20)13-10-12-7-5-6-8-14(12)18-11-13/h1,5-8,10-11,15H,3-4,9H2,(H,19,20)(H,21,22)/t15-/m1/s1. The summed E-state index contributed by atoms with van der Waals surface area (Å²) in [5.41, 5.74) is 1.12. The number of para-hydroxylation sites is 1. The first-order valence-electron chi connectivity index (χ1n) is 6.93. The summed E-state index contributed by atoms with van der Waals surface area (Å²) in [5.74, 6) is 0.929. The van der Waals surface area contributed by atoms with Crippen LogP contribution in [-0.4, -0.2) is 28.0 Å². The van der Waals surface area contributed by atoms with Crippen molar-refractivity contribution in [3.63, 3.8) is 0 Å². The Balaban J connectivity index is 2.11. The minimum absolute atomic E-state index is 0.298. The van der Waals surface area contributed by atoms with Gasteiger partial charge in [-0.05, 0) is 25.0 Å². The topological polar surface area (TPSA) is 79.3 Å². The van der Waals surface area contributed by atoms with Crippen LogP contribution in [0.4, 0.5) is 0 Å². The molecule has 112 valence electrons. The van der Waals surface area contributed by atoms with Crippen LogP contribution in [0.15, 0.2) is 36.5 Å². The molecule has 0 unspecified atom stereocenters. The smallest absolute Gasteiger partial charge is 0.326 e. The monoisotopic (exact) mass is 296 g/mol. The third-order valence-corrected chi connectivity index (χ3v) is 3.27. The second-order valence-electron chi connectivity index (χ2n) is 4.88. The summed E-state index contributed by atoms with van der Waals surface area (Å²) in [5, 5.41) is 12.5. The Morgan fingerprint density at radius 2 is 2.14 bits per heavy atom. The number of pyridine rings is 1. The summed E-state index contributed by atoms with van der Waals surface area (Å²) in [6, 6.07) is 8.15. The molecule has 0 fully saturated rings. The molecule has 2 aromatic rings. The number of amides is 1. The summed E-state index contributed by atoms with van der Waals surface area (Å²) in [4.78, 5) is 27.6. The zero-order chi connectivity index (χ0) is 15.9. The molecule has 0 bridgehead atoms. The van der Waals surface area contributed by atoms with Crippen LogP contribution in [0.25, 0.3) is 10.9 Å². The van der Waals surface area contributed by atoms with Crippen LogP contribution in [0.5, 0.6) is 0 Å². The van der Waals surface area contributed by atoms with Crippen LogP contribution in [0.2, 0.25) is 0 Å². The third kappa shape index (κ3) is 3.83. The fourth-order valence-electron chi connectivity index (χ4n) is 2.10. The van der Waals surface area contributed by atoms with Crippen molar-refractivity contribution in [3.8, 4) is 12.3 Å². The van der Waals surface area contributed by atoms with Gasteiger partial charge in [0.15, 0.2) is 0 Å². The number of nitrogens with zero attached hydrogens (tertiary/aromatic N) is 1. The van der Waals surface area contributed by atoms with Gasteiger partial charge in [0, 0.05) is 18.0 Å². The van der Waals surface area contributed by atoms with Gasteiger partial charge < -0.3 is 10.4 Å². The minimum atomic E-state index is -1.07. The van der Waals surface area contributed by atoms with Crippen molar-refractivity contribution in [3.05, 3.63) is 42.1 Å². The SMILES string of the molecule is C#CCCC[C@@H](NC(=O)c1cnc2ccccc2c1)C(=O)O. The van der Waals surface area contributed by atoms with Crippen LogP contribution in [-0.2, 0) is 4.79 Å². The Hall–Kier alpha value is -2.87. The van der Waals surface area contributed by atoms with Gasteiger partial charge in [-0.15, -0.1) is 12.3 Å². The summed E-state index contributed by atoms with van der Waals surface area (Å²) < 4.78 is 0. The van der Waals surface area contributed by atoms with E-state index < -0.39 is 17.9 Å². The number of carboxylic acids is 1. The quantitative estimate of drug-likeness (QED) is 0.633. The van der Waals surface area contributed by atoms with E-state index in [1.807, 2.05) is 24.3 Å². The van der Waals surface area contributed by atoms with Gasteiger partial charge in [-0.1, -0.05) is 18.2 Å². The van der Waals surface area contributed by atoms with E-state index in [1.54, 1.807) is 6.07 Å². The maximum Gasteiger partial charge on any atom is 0.326 e. The predicted octanol–water partition coefficient (Wildman–Crippen LogP) is 2.22. The molecule has 5 heteroatoms. The van der Waals surface area contributed by atoms with E-state index in [0.29, 0.717) is 24.8 Å². The molecular formula is C17H16N2O3. The molecule has 2 N–H and O–H groups in total. The van der Waals surface area contributed by atoms with Gasteiger partial charge in [0.1, 0.15) is 6.04 Å². The first-order valence-corrected chi connectivity index (χ1v) is 6.93. The molecule has 0 aliphatic heterocycles. The Morgan fingerprint density at radius 3 is 2.86 bits per heavy atom. The maximum atomic E-state index is 12.2. The van der Waals surface area contributed by atoms with E-state index in [0.717, 1.165) is 10.9 Å². The molecule has 1 aromatic heterocycles. The van der Waals surface area contributed by atoms with Crippen molar-refractivity contribution in [2.75, 3.05) is 0 Å². The zero-order valence-corrected chi connectivity index (χ0v) is 12.0. The molecule has 22 heavy (non-hydrogen) atoms. The zero-order valence-electron chi connectivity index (χ0n) is 12.0. The van der Waals surface area contributed by atoms with Crippen molar-refractivity contribution in [1.82, 2.24) is 10.3 Å². The van der Waals surface area contributed by atoms with Crippen molar-refractivity contribution < 1.29 is 14.7 Å². The summed E-state index contributed by atoms with van der Waals surface area (Å²) >= 11 is 0. The average molecular weight is 296 g/mol. The van der Waals surface area contributed by atoms with Gasteiger partial charge in [0.2, 0.25) is 0 Å². The van der Waals surface area contributed by atoms with E-state index in [4.69, 9.17) is 11.5 Å². The van der Waals surface area contributed by atoms with Crippen LogP contribution < -0.4 is 5.32 Å². The Bertz CT molecular complexity index is 734. The van der Waals surface area contributed by atoms with Crippen LogP contribution in [0, 0.1) is 12.3 Å². The van der Waals surface area contributed by atoms with E-state index in [2.05, 4.69) is 16.2 Å². The number of carbonyl (C=O) groups excluding carboxylic acids is 1. The number of hydrogen-bond acceptors (Lipinski definition) is 3. The number of benzene rings is 1. The van der Waals surface area contributed by atoms with Crippen LogP contribution in [0.3, 0.4) is 0 Å². The summed E-state index contributed by atoms with van der Waals surface area (Å²) in [6.45, 7) is 0. The molecule has 1 aromatic carbocycles. The predicted molar refractivity (Wildman–Crippen MR) is 83.3 cm³/mol. The lowest BCUT2D eigenvalue weighted by molar-refractivity contribution is -0.139. The number of terminal acetylenes is 1. The van der Waals surface area contributed by atoms with Crippen molar-refractivity contribution in [2.24, 2.45) is 0 Å². The number of nitrogens with one attached hydrogen (secondary N) is 1. The molecular weight excluding hydrogens is 280 g/mol. The molecule has 0 saturated heterocycles. The van der Waals surface area contributed by atoms with Gasteiger partial charge in [0.25, 0.3) is 5.91 Å². The second kappa shape index (κ2) is 7.23. The maximum absolute atomic E-state index is 12.2. The van der Waals surface area contributed by atoms with Crippen molar-refractivity contribution in [1.29, 1.82) is 0 Å². The molecule has 1 heterocycles. The lowest BCUT2D eigenvalue weighted by atomic mass is 10.1. The van der Waals surface area contributed by atoms with Crippen molar-refractivity contribution in [2.45, 2.75) is 25.3 Å². The Labute approximate surface area is 128 Å². The van der Waals surface area contributed by atoms with Crippen LogP contribution in [0.1, 0.15) is 29.6 Å². The lowest BCUT2D eigenvalue weighted by Gasteiger charge is -2.14. The van der Waals surface area contributed by atoms with E-state index >= 15 is 0 Å². The van der Waals surface area contributed by atoms with Gasteiger partial charge >= 0.3 is 5.97 Å². The first-order chi connectivity index (χ1) is 10.6. The van der Waals surface area contributed by atoms with E-state index in [-0.39, 0.29) is 0 Å². The highest BCUT2D eigenvalue weighted by molar-refractivity contribution is 5.99. The number of fused-ring (bicyclic) bond motifs is 1. The second-order valence-corrected chi connectivity index (χ2v) is 4.88. The molecule has 1 amide bonds. The molecule has 0 radical (unpaired) electrons. The number of unbranched alkanes of at least 4 members (excludes halogenated alkanes) is 1. The van der Waals surface area contributed by atoms with Crippen molar-refractivity contribution >= 4 is 22.8 Å². The van der Waals surface area contributed by atoms with Crippen LogP contribution >= 0.6 is 0 Å². The number of carboxylic acid groups (broad SMARTS) is 1. The fourth-order valence-corrected chi connectivity index (χ4v) is 2.10. The molecule has 0 saturated carbocycles. The number of hydrogen-bond donors (Lipinski definition) is 2. The Kier molecular flexibility index (Phi) is 5.10. The van der Waals surface area contributed by atoms with Gasteiger partial charge in [0.05, 0.1) is 11.1 Å². The highest BCUT2D eigenvalue weighted by Crippen LogP contribution is 2.13. The highest BCUT2D eigenvalue weighted by atomic mass is 16.4. The normalized spacial score (nSPS) is 11.6. The molecule has 0 spiro atoms. The minimum Gasteiger partial charge on any atom is -0.480 e. The summed E-state index contributed by atoms with van der Waals surface area (Å²) in [7, 11) is 0. The molecule has 1 atom stereocenters. The Morgan fingerprint density at radius 1 is 1.36 bits per heavy atom. The van der Waals surface area contributed by atoms with E-state index in [9.17, 15) is 9.59 Å². The number of carbonyl (C=O) groups is 2.